The smallest absolute Gasteiger partial charge is 0.0206 e. The van der Waals surface area contributed by atoms with Gasteiger partial charge in [0.1, 0.15) is 0 Å². The zero-order valence-corrected chi connectivity index (χ0v) is 8.06. The summed E-state index contributed by atoms with van der Waals surface area (Å²) in [4.78, 5) is 0. The fraction of sp³-hybridized carbons (Fsp3) is 0.818. The Hall–Kier alpha value is -0.260. The molecule has 64 valence electrons. The van der Waals surface area contributed by atoms with Crippen molar-refractivity contribution in [1.82, 2.24) is 0 Å². The van der Waals surface area contributed by atoms with E-state index in [9.17, 15) is 0 Å². The summed E-state index contributed by atoms with van der Waals surface area (Å²) in [5, 5.41) is 0. The molecule has 0 saturated heterocycles. The summed E-state index contributed by atoms with van der Waals surface area (Å²) in [7, 11) is 0. The average molecular weight is 152 g/mol. The van der Waals surface area contributed by atoms with Crippen LogP contribution in [0, 0.1) is 17.8 Å². The van der Waals surface area contributed by atoms with Crippen LogP contribution in [0.25, 0.3) is 0 Å². The normalized spacial score (nSPS) is 38.6. The standard InChI is InChI=1S/C11H20/c1-8(2)11-6-5-9(3)10(4)7-11/h9-11H,1,5-7H2,2-4H3/t9?,10-,11?/m0/s1. The second-order valence-corrected chi connectivity index (χ2v) is 4.31. The predicted molar refractivity (Wildman–Crippen MR) is 50.5 cm³/mol. The molecule has 1 fully saturated rings. The van der Waals surface area contributed by atoms with Crippen LogP contribution in [0.1, 0.15) is 40.0 Å². The molecule has 1 aliphatic rings. The van der Waals surface area contributed by atoms with Crippen LogP contribution in [0.3, 0.4) is 0 Å². The van der Waals surface area contributed by atoms with Crippen molar-refractivity contribution >= 4 is 0 Å². The Morgan fingerprint density at radius 2 is 1.82 bits per heavy atom. The van der Waals surface area contributed by atoms with Crippen molar-refractivity contribution in [2.24, 2.45) is 17.8 Å². The molecule has 11 heavy (non-hydrogen) atoms. The van der Waals surface area contributed by atoms with Crippen LogP contribution < -0.4 is 0 Å². The highest BCUT2D eigenvalue weighted by atomic mass is 14.3. The predicted octanol–water partition coefficient (Wildman–Crippen LogP) is 3.63. The Labute approximate surface area is 70.7 Å². The highest BCUT2D eigenvalue weighted by molar-refractivity contribution is 4.98. The van der Waals surface area contributed by atoms with Gasteiger partial charge in [-0.05, 0) is 43.9 Å². The van der Waals surface area contributed by atoms with E-state index < -0.39 is 0 Å². The van der Waals surface area contributed by atoms with Crippen molar-refractivity contribution in [1.29, 1.82) is 0 Å². The minimum absolute atomic E-state index is 0.821. The summed E-state index contributed by atoms with van der Waals surface area (Å²) in [6.07, 6.45) is 4.15. The van der Waals surface area contributed by atoms with Crippen LogP contribution >= 0.6 is 0 Å². The molecule has 0 radical (unpaired) electrons. The summed E-state index contributed by atoms with van der Waals surface area (Å²) in [5.74, 6) is 2.66. The lowest BCUT2D eigenvalue weighted by Gasteiger charge is -2.32. The monoisotopic (exact) mass is 152 g/mol. The van der Waals surface area contributed by atoms with E-state index in [2.05, 4.69) is 27.4 Å². The van der Waals surface area contributed by atoms with Gasteiger partial charge in [0.2, 0.25) is 0 Å². The largest absolute Gasteiger partial charge is 0.0999 e. The van der Waals surface area contributed by atoms with Gasteiger partial charge in [0.25, 0.3) is 0 Å². The van der Waals surface area contributed by atoms with Gasteiger partial charge in [0.15, 0.2) is 0 Å². The quantitative estimate of drug-likeness (QED) is 0.503. The molecular weight excluding hydrogens is 132 g/mol. The number of hydrogen-bond acceptors (Lipinski definition) is 0. The maximum Gasteiger partial charge on any atom is -0.0206 e. The Kier molecular flexibility index (Phi) is 2.75. The molecule has 0 N–H and O–H groups in total. The van der Waals surface area contributed by atoms with Gasteiger partial charge in [0.05, 0.1) is 0 Å². The Morgan fingerprint density at radius 3 is 2.27 bits per heavy atom. The van der Waals surface area contributed by atoms with Crippen LogP contribution in [0.5, 0.6) is 0 Å². The molecule has 2 unspecified atom stereocenters. The van der Waals surface area contributed by atoms with E-state index in [4.69, 9.17) is 0 Å². The van der Waals surface area contributed by atoms with E-state index in [1.54, 1.807) is 0 Å². The van der Waals surface area contributed by atoms with Crippen molar-refractivity contribution < 1.29 is 0 Å². The van der Waals surface area contributed by atoms with Crippen molar-refractivity contribution in [3.05, 3.63) is 12.2 Å². The van der Waals surface area contributed by atoms with Gasteiger partial charge in [-0.25, -0.2) is 0 Å². The topological polar surface area (TPSA) is 0 Å². The maximum absolute atomic E-state index is 4.04. The van der Waals surface area contributed by atoms with E-state index >= 15 is 0 Å². The molecule has 0 bridgehead atoms. The van der Waals surface area contributed by atoms with Crippen LogP contribution in [0.4, 0.5) is 0 Å². The molecule has 0 amide bonds. The van der Waals surface area contributed by atoms with Gasteiger partial charge in [-0.2, -0.15) is 0 Å². The van der Waals surface area contributed by atoms with Gasteiger partial charge in [-0.15, -0.1) is 0 Å². The van der Waals surface area contributed by atoms with E-state index in [0.29, 0.717) is 0 Å². The summed E-state index contributed by atoms with van der Waals surface area (Å²) >= 11 is 0. The number of hydrogen-bond donors (Lipinski definition) is 0. The molecule has 0 aromatic heterocycles. The lowest BCUT2D eigenvalue weighted by atomic mass is 9.74. The fourth-order valence-corrected chi connectivity index (χ4v) is 2.00. The van der Waals surface area contributed by atoms with Crippen LogP contribution in [-0.4, -0.2) is 0 Å². The van der Waals surface area contributed by atoms with Crippen molar-refractivity contribution in [2.45, 2.75) is 40.0 Å². The molecule has 0 aliphatic heterocycles. The Bertz CT molecular complexity index is 146. The first-order valence-corrected chi connectivity index (χ1v) is 4.76. The molecule has 3 atom stereocenters. The Balaban J connectivity index is 2.46. The molecule has 0 aromatic rings. The van der Waals surface area contributed by atoms with E-state index in [0.717, 1.165) is 17.8 Å². The third-order valence-corrected chi connectivity index (χ3v) is 3.30. The summed E-state index contributed by atoms with van der Waals surface area (Å²) < 4.78 is 0. The first-order chi connectivity index (χ1) is 5.11. The lowest BCUT2D eigenvalue weighted by molar-refractivity contribution is 0.230. The molecule has 0 spiro atoms. The Morgan fingerprint density at radius 1 is 1.18 bits per heavy atom. The zero-order valence-electron chi connectivity index (χ0n) is 8.06. The first-order valence-electron chi connectivity index (χ1n) is 4.76. The molecular formula is C11H20. The van der Waals surface area contributed by atoms with E-state index in [-0.39, 0.29) is 0 Å². The van der Waals surface area contributed by atoms with Gasteiger partial charge < -0.3 is 0 Å². The molecule has 1 saturated carbocycles. The average Bonchev–Trinajstić information content (AvgIpc) is 1.94. The molecule has 0 aromatic carbocycles. The third-order valence-electron chi connectivity index (χ3n) is 3.30. The van der Waals surface area contributed by atoms with Gasteiger partial charge in [-0.1, -0.05) is 26.0 Å². The number of allylic oxidation sites excluding steroid dienone is 1. The van der Waals surface area contributed by atoms with E-state index in [1.807, 2.05) is 0 Å². The number of rotatable bonds is 1. The van der Waals surface area contributed by atoms with Crippen LogP contribution in [0.2, 0.25) is 0 Å². The molecule has 1 aliphatic carbocycles. The molecule has 0 heterocycles. The lowest BCUT2D eigenvalue weighted by Crippen LogP contribution is -2.20. The van der Waals surface area contributed by atoms with Crippen molar-refractivity contribution in [2.75, 3.05) is 0 Å². The highest BCUT2D eigenvalue weighted by Crippen LogP contribution is 2.36. The van der Waals surface area contributed by atoms with Crippen molar-refractivity contribution in [3.8, 4) is 0 Å². The summed E-state index contributed by atoms with van der Waals surface area (Å²) in [6.45, 7) is 11.0. The van der Waals surface area contributed by atoms with Crippen molar-refractivity contribution in [3.63, 3.8) is 0 Å². The van der Waals surface area contributed by atoms with Gasteiger partial charge in [-0.3, -0.25) is 0 Å². The van der Waals surface area contributed by atoms with E-state index in [1.165, 1.54) is 24.8 Å². The fourth-order valence-electron chi connectivity index (χ4n) is 2.00. The zero-order chi connectivity index (χ0) is 8.43. The first kappa shape index (κ1) is 8.83. The van der Waals surface area contributed by atoms with Gasteiger partial charge >= 0.3 is 0 Å². The minimum atomic E-state index is 0.821. The molecule has 0 nitrogen and oxygen atoms in total. The third kappa shape index (κ3) is 2.08. The SMILES string of the molecule is C=C(C)C1CCC(C)[C@@H](C)C1. The maximum atomic E-state index is 4.04. The summed E-state index contributed by atoms with van der Waals surface area (Å²) in [5.41, 5.74) is 1.39. The second kappa shape index (κ2) is 3.42. The molecule has 0 heteroatoms. The van der Waals surface area contributed by atoms with Crippen LogP contribution in [0.15, 0.2) is 12.2 Å². The van der Waals surface area contributed by atoms with Crippen LogP contribution in [-0.2, 0) is 0 Å². The minimum Gasteiger partial charge on any atom is -0.0999 e. The van der Waals surface area contributed by atoms with Gasteiger partial charge in [0, 0.05) is 0 Å². The summed E-state index contributed by atoms with van der Waals surface area (Å²) in [6, 6.07) is 0. The molecule has 1 rings (SSSR count). The highest BCUT2D eigenvalue weighted by Gasteiger charge is 2.24. The second-order valence-electron chi connectivity index (χ2n) is 4.31.